The van der Waals surface area contributed by atoms with Gasteiger partial charge in [-0.15, -0.1) is 0 Å². The third-order valence-electron chi connectivity index (χ3n) is 3.05. The van der Waals surface area contributed by atoms with Crippen LogP contribution in [0.1, 0.15) is 33.6 Å². The van der Waals surface area contributed by atoms with Gasteiger partial charge in [0.25, 0.3) is 0 Å². The number of rotatable bonds is 8. The summed E-state index contributed by atoms with van der Waals surface area (Å²) in [5, 5.41) is 5.85. The molecule has 7 heteroatoms. The monoisotopic (exact) mass is 404 g/mol. The Kier molecular flexibility index (Phi) is 8.48. The molecule has 0 radical (unpaired) electrons. The Labute approximate surface area is 151 Å². The lowest BCUT2D eigenvalue weighted by molar-refractivity contribution is 0.0526. The van der Waals surface area contributed by atoms with E-state index in [1.807, 2.05) is 20.8 Å². The maximum absolute atomic E-state index is 13.8. The summed E-state index contributed by atoms with van der Waals surface area (Å²) in [4.78, 5) is 11.6. The van der Waals surface area contributed by atoms with E-state index >= 15 is 0 Å². The van der Waals surface area contributed by atoms with Crippen molar-refractivity contribution in [1.82, 2.24) is 5.32 Å². The molecule has 1 aromatic carbocycles. The Morgan fingerprint density at radius 2 is 2.08 bits per heavy atom. The molecular weight excluding hydrogens is 379 g/mol. The van der Waals surface area contributed by atoms with Crippen molar-refractivity contribution >= 4 is 27.7 Å². The predicted molar refractivity (Wildman–Crippen MR) is 96.9 cm³/mol. The Morgan fingerprint density at radius 3 is 2.71 bits per heavy atom. The number of halogens is 2. The van der Waals surface area contributed by atoms with E-state index in [0.29, 0.717) is 18.8 Å². The van der Waals surface area contributed by atoms with Gasteiger partial charge in [0.15, 0.2) is 0 Å². The van der Waals surface area contributed by atoms with Crippen LogP contribution < -0.4 is 10.6 Å². The van der Waals surface area contributed by atoms with Gasteiger partial charge >= 0.3 is 6.09 Å². The molecule has 136 valence electrons. The zero-order valence-corrected chi connectivity index (χ0v) is 16.2. The standard InChI is InChI=1S/C17H26BrFN2O3/c1-17(2,3)24-16(22)20-9-5-6-13(11-23-4)21-15-10-12(18)7-8-14(15)19/h7-8,10,13,21H,5-6,9,11H2,1-4H3,(H,20,22). The van der Waals surface area contributed by atoms with E-state index < -0.39 is 11.7 Å². The minimum absolute atomic E-state index is 0.0563. The number of benzene rings is 1. The lowest BCUT2D eigenvalue weighted by Gasteiger charge is -2.21. The van der Waals surface area contributed by atoms with Gasteiger partial charge in [-0.05, 0) is 51.8 Å². The number of ether oxygens (including phenoxy) is 2. The summed E-state index contributed by atoms with van der Waals surface area (Å²) in [5.41, 5.74) is -0.0888. The molecular formula is C17H26BrFN2O3. The number of hydrogen-bond donors (Lipinski definition) is 2. The highest BCUT2D eigenvalue weighted by atomic mass is 79.9. The van der Waals surface area contributed by atoms with Crippen LogP contribution in [0, 0.1) is 5.82 Å². The molecule has 5 nitrogen and oxygen atoms in total. The maximum Gasteiger partial charge on any atom is 0.407 e. The normalized spacial score (nSPS) is 12.6. The summed E-state index contributed by atoms with van der Waals surface area (Å²) >= 11 is 3.33. The fraction of sp³-hybridized carbons (Fsp3) is 0.588. The van der Waals surface area contributed by atoms with Gasteiger partial charge in [0.05, 0.1) is 12.3 Å². The minimum atomic E-state index is -0.511. The van der Waals surface area contributed by atoms with Crippen molar-refractivity contribution in [3.8, 4) is 0 Å². The first-order valence-electron chi connectivity index (χ1n) is 7.88. The minimum Gasteiger partial charge on any atom is -0.444 e. The zero-order valence-electron chi connectivity index (χ0n) is 14.6. The van der Waals surface area contributed by atoms with E-state index in [-0.39, 0.29) is 11.9 Å². The average Bonchev–Trinajstić information content (AvgIpc) is 2.45. The molecule has 1 atom stereocenters. The van der Waals surface area contributed by atoms with Crippen LogP contribution in [0.5, 0.6) is 0 Å². The van der Waals surface area contributed by atoms with Crippen LogP contribution in [0.2, 0.25) is 0 Å². The Bertz CT molecular complexity index is 535. The maximum atomic E-state index is 13.8. The van der Waals surface area contributed by atoms with Crippen LogP contribution in [0.25, 0.3) is 0 Å². The van der Waals surface area contributed by atoms with Crippen LogP contribution in [0.4, 0.5) is 14.9 Å². The lowest BCUT2D eigenvalue weighted by atomic mass is 10.1. The van der Waals surface area contributed by atoms with Crippen molar-refractivity contribution in [3.05, 3.63) is 28.5 Å². The fourth-order valence-corrected chi connectivity index (χ4v) is 2.44. The first-order chi connectivity index (χ1) is 11.2. The van der Waals surface area contributed by atoms with Gasteiger partial charge < -0.3 is 20.1 Å². The molecule has 0 spiro atoms. The number of anilines is 1. The number of methoxy groups -OCH3 is 1. The Hall–Kier alpha value is -1.34. The molecule has 0 aliphatic heterocycles. The number of nitrogens with one attached hydrogen (secondary N) is 2. The number of amides is 1. The van der Waals surface area contributed by atoms with Crippen LogP contribution in [-0.4, -0.2) is 38.0 Å². The first-order valence-corrected chi connectivity index (χ1v) is 8.68. The molecule has 0 aromatic heterocycles. The summed E-state index contributed by atoms with van der Waals surface area (Å²) in [6.07, 6.45) is 1.00. The molecule has 2 N–H and O–H groups in total. The molecule has 24 heavy (non-hydrogen) atoms. The van der Waals surface area contributed by atoms with Crippen LogP contribution >= 0.6 is 15.9 Å². The van der Waals surface area contributed by atoms with E-state index in [0.717, 1.165) is 17.3 Å². The van der Waals surface area contributed by atoms with E-state index in [2.05, 4.69) is 26.6 Å². The molecule has 0 aliphatic rings. The molecule has 1 aromatic rings. The van der Waals surface area contributed by atoms with Gasteiger partial charge in [-0.3, -0.25) is 0 Å². The van der Waals surface area contributed by atoms with Gasteiger partial charge in [-0.1, -0.05) is 15.9 Å². The highest BCUT2D eigenvalue weighted by molar-refractivity contribution is 9.10. The zero-order chi connectivity index (χ0) is 18.2. The van der Waals surface area contributed by atoms with Gasteiger partial charge in [0.2, 0.25) is 0 Å². The molecule has 1 unspecified atom stereocenters. The molecule has 0 aliphatic carbocycles. The summed E-state index contributed by atoms with van der Waals surface area (Å²) < 4.78 is 25.0. The van der Waals surface area contributed by atoms with Gasteiger partial charge in [0.1, 0.15) is 11.4 Å². The Morgan fingerprint density at radius 1 is 1.38 bits per heavy atom. The average molecular weight is 405 g/mol. The van der Waals surface area contributed by atoms with Crippen molar-refractivity contribution in [1.29, 1.82) is 0 Å². The van der Waals surface area contributed by atoms with Gasteiger partial charge in [-0.25, -0.2) is 9.18 Å². The summed E-state index contributed by atoms with van der Waals surface area (Å²) in [7, 11) is 1.60. The summed E-state index contributed by atoms with van der Waals surface area (Å²) in [5.74, 6) is -0.314. The summed E-state index contributed by atoms with van der Waals surface area (Å²) in [6, 6.07) is 4.69. The van der Waals surface area contributed by atoms with E-state index in [4.69, 9.17) is 9.47 Å². The largest absolute Gasteiger partial charge is 0.444 e. The number of carbonyl (C=O) groups is 1. The second kappa shape index (κ2) is 9.84. The molecule has 1 rings (SSSR count). The fourth-order valence-electron chi connectivity index (χ4n) is 2.08. The van der Waals surface area contributed by atoms with E-state index in [1.165, 1.54) is 6.07 Å². The molecule has 0 bridgehead atoms. The molecule has 1 amide bonds. The first kappa shape index (κ1) is 20.7. The highest BCUT2D eigenvalue weighted by Gasteiger charge is 2.16. The summed E-state index contributed by atoms with van der Waals surface area (Å²) in [6.45, 7) is 6.38. The number of hydrogen-bond acceptors (Lipinski definition) is 4. The van der Waals surface area contributed by atoms with Crippen LogP contribution in [0.15, 0.2) is 22.7 Å². The third-order valence-corrected chi connectivity index (χ3v) is 3.55. The van der Waals surface area contributed by atoms with E-state index in [9.17, 15) is 9.18 Å². The van der Waals surface area contributed by atoms with Crippen molar-refractivity contribution in [3.63, 3.8) is 0 Å². The number of carbonyl (C=O) groups excluding carboxylic acids is 1. The van der Waals surface area contributed by atoms with Crippen LogP contribution in [-0.2, 0) is 9.47 Å². The van der Waals surface area contributed by atoms with Crippen molar-refractivity contribution in [2.45, 2.75) is 45.3 Å². The molecule has 0 saturated carbocycles. The predicted octanol–water partition coefficient (Wildman–Crippen LogP) is 4.32. The molecule has 0 heterocycles. The van der Waals surface area contributed by atoms with Crippen molar-refractivity contribution in [2.75, 3.05) is 25.6 Å². The highest BCUT2D eigenvalue weighted by Crippen LogP contribution is 2.21. The Balaban J connectivity index is 2.43. The number of alkyl carbamates (subject to hydrolysis) is 1. The molecule has 0 fully saturated rings. The van der Waals surface area contributed by atoms with Crippen LogP contribution in [0.3, 0.4) is 0 Å². The molecule has 0 saturated heterocycles. The topological polar surface area (TPSA) is 59.6 Å². The quantitative estimate of drug-likeness (QED) is 0.633. The second-order valence-electron chi connectivity index (χ2n) is 6.49. The van der Waals surface area contributed by atoms with Crippen molar-refractivity contribution < 1.29 is 18.7 Å². The van der Waals surface area contributed by atoms with Gasteiger partial charge in [-0.2, -0.15) is 0 Å². The van der Waals surface area contributed by atoms with E-state index in [1.54, 1.807) is 19.2 Å². The van der Waals surface area contributed by atoms with Crippen molar-refractivity contribution in [2.24, 2.45) is 0 Å². The van der Waals surface area contributed by atoms with Gasteiger partial charge in [0, 0.05) is 24.2 Å². The smallest absolute Gasteiger partial charge is 0.407 e. The SMILES string of the molecule is COCC(CCCNC(=O)OC(C)(C)C)Nc1cc(Br)ccc1F. The lowest BCUT2D eigenvalue weighted by Crippen LogP contribution is -2.34. The third kappa shape index (κ3) is 8.49. The second-order valence-corrected chi connectivity index (χ2v) is 7.41.